The zero-order valence-corrected chi connectivity index (χ0v) is 11.0. The van der Waals surface area contributed by atoms with E-state index in [2.05, 4.69) is 36.9 Å². The van der Waals surface area contributed by atoms with E-state index in [-0.39, 0.29) is 5.92 Å². The second-order valence-corrected chi connectivity index (χ2v) is 4.62. The molecule has 3 nitrogen and oxygen atoms in total. The van der Waals surface area contributed by atoms with E-state index in [1.165, 1.54) is 11.1 Å². The molecule has 1 atom stereocenters. The number of benzene rings is 1. The van der Waals surface area contributed by atoms with Crippen molar-refractivity contribution in [2.45, 2.75) is 27.7 Å². The quantitative estimate of drug-likeness (QED) is 0.853. The van der Waals surface area contributed by atoms with Crippen molar-refractivity contribution in [1.29, 1.82) is 0 Å². The maximum absolute atomic E-state index is 10.9. The summed E-state index contributed by atoms with van der Waals surface area (Å²) in [4.78, 5) is 13.0. The summed E-state index contributed by atoms with van der Waals surface area (Å²) in [5, 5.41) is 8.96. The molecular formula is C14H21NO2. The summed E-state index contributed by atoms with van der Waals surface area (Å²) in [7, 11) is 0. The summed E-state index contributed by atoms with van der Waals surface area (Å²) < 4.78 is 0. The Morgan fingerprint density at radius 3 is 2.24 bits per heavy atom. The Balaban J connectivity index is 2.89. The van der Waals surface area contributed by atoms with Crippen LogP contribution in [0.1, 0.15) is 25.0 Å². The number of aryl methyl sites for hydroxylation is 2. The predicted molar refractivity (Wildman–Crippen MR) is 70.6 cm³/mol. The van der Waals surface area contributed by atoms with E-state index >= 15 is 0 Å². The van der Waals surface area contributed by atoms with Crippen LogP contribution in [0.2, 0.25) is 0 Å². The molecule has 1 rings (SSSR count). The van der Waals surface area contributed by atoms with E-state index < -0.39 is 5.97 Å². The minimum Gasteiger partial charge on any atom is -0.481 e. The molecule has 1 aromatic rings. The monoisotopic (exact) mass is 235 g/mol. The fourth-order valence-corrected chi connectivity index (χ4v) is 1.96. The van der Waals surface area contributed by atoms with E-state index in [1.807, 2.05) is 6.92 Å². The molecule has 0 aliphatic carbocycles. The molecule has 0 aromatic heterocycles. The van der Waals surface area contributed by atoms with Crippen molar-refractivity contribution in [3.05, 3.63) is 29.3 Å². The molecule has 0 aliphatic rings. The third kappa shape index (κ3) is 3.77. The van der Waals surface area contributed by atoms with E-state index in [0.717, 1.165) is 12.2 Å². The van der Waals surface area contributed by atoms with Crippen molar-refractivity contribution in [1.82, 2.24) is 0 Å². The molecule has 1 unspecified atom stereocenters. The zero-order valence-electron chi connectivity index (χ0n) is 11.0. The molecule has 0 heterocycles. The van der Waals surface area contributed by atoms with Crippen molar-refractivity contribution < 1.29 is 9.90 Å². The van der Waals surface area contributed by atoms with Crippen LogP contribution in [0.25, 0.3) is 0 Å². The molecule has 0 aliphatic heterocycles. The second kappa shape index (κ2) is 5.71. The maximum Gasteiger partial charge on any atom is 0.308 e. The highest BCUT2D eigenvalue weighted by atomic mass is 16.4. The number of carboxylic acid groups (broad SMARTS) is 1. The predicted octanol–water partition coefficient (Wildman–Crippen LogP) is 2.85. The number of anilines is 1. The van der Waals surface area contributed by atoms with Gasteiger partial charge in [0.05, 0.1) is 5.92 Å². The van der Waals surface area contributed by atoms with Crippen molar-refractivity contribution >= 4 is 11.7 Å². The summed E-state index contributed by atoms with van der Waals surface area (Å²) in [5.74, 6) is -1.09. The molecule has 94 valence electrons. The highest BCUT2D eigenvalue weighted by Gasteiger charge is 2.15. The number of hydrogen-bond donors (Lipinski definition) is 1. The van der Waals surface area contributed by atoms with Gasteiger partial charge in [0, 0.05) is 18.8 Å². The van der Waals surface area contributed by atoms with Crippen LogP contribution in [0.4, 0.5) is 5.69 Å². The van der Waals surface area contributed by atoms with E-state index in [4.69, 9.17) is 5.11 Å². The molecule has 1 N–H and O–H groups in total. The SMILES string of the molecule is CCN(CC(C)C(=O)O)c1cc(C)cc(C)c1. The molecule has 17 heavy (non-hydrogen) atoms. The van der Waals surface area contributed by atoms with Gasteiger partial charge < -0.3 is 10.0 Å². The van der Waals surface area contributed by atoms with Gasteiger partial charge in [-0.1, -0.05) is 13.0 Å². The lowest BCUT2D eigenvalue weighted by atomic mass is 10.1. The van der Waals surface area contributed by atoms with Crippen LogP contribution in [-0.2, 0) is 4.79 Å². The Bertz CT molecular complexity index is 381. The van der Waals surface area contributed by atoms with E-state index in [9.17, 15) is 4.79 Å². The van der Waals surface area contributed by atoms with E-state index in [0.29, 0.717) is 6.54 Å². The first-order valence-corrected chi connectivity index (χ1v) is 6.00. The van der Waals surface area contributed by atoms with E-state index in [1.54, 1.807) is 6.92 Å². The molecule has 1 aromatic carbocycles. The van der Waals surface area contributed by atoms with Gasteiger partial charge in [0.1, 0.15) is 0 Å². The smallest absolute Gasteiger partial charge is 0.308 e. The summed E-state index contributed by atoms with van der Waals surface area (Å²) >= 11 is 0. The van der Waals surface area contributed by atoms with Crippen LogP contribution in [0.15, 0.2) is 18.2 Å². The molecule has 0 saturated heterocycles. The first kappa shape index (κ1) is 13.6. The number of carbonyl (C=O) groups is 1. The van der Waals surface area contributed by atoms with Crippen LogP contribution in [0.5, 0.6) is 0 Å². The largest absolute Gasteiger partial charge is 0.481 e. The van der Waals surface area contributed by atoms with Gasteiger partial charge in [-0.05, 0) is 44.0 Å². The van der Waals surface area contributed by atoms with Crippen molar-refractivity contribution in [3.8, 4) is 0 Å². The maximum atomic E-state index is 10.9. The van der Waals surface area contributed by atoms with Crippen molar-refractivity contribution in [3.63, 3.8) is 0 Å². The van der Waals surface area contributed by atoms with Crippen molar-refractivity contribution in [2.24, 2.45) is 5.92 Å². The highest BCUT2D eigenvalue weighted by Crippen LogP contribution is 2.19. The Morgan fingerprint density at radius 2 is 1.82 bits per heavy atom. The molecule has 0 radical (unpaired) electrons. The third-order valence-corrected chi connectivity index (χ3v) is 2.87. The van der Waals surface area contributed by atoms with Crippen LogP contribution >= 0.6 is 0 Å². The molecular weight excluding hydrogens is 214 g/mol. The van der Waals surface area contributed by atoms with Gasteiger partial charge >= 0.3 is 5.97 Å². The number of rotatable bonds is 5. The second-order valence-electron chi connectivity index (χ2n) is 4.62. The van der Waals surface area contributed by atoms with Crippen LogP contribution in [0.3, 0.4) is 0 Å². The fraction of sp³-hybridized carbons (Fsp3) is 0.500. The van der Waals surface area contributed by atoms with Gasteiger partial charge in [-0.25, -0.2) is 0 Å². The zero-order chi connectivity index (χ0) is 13.0. The third-order valence-electron chi connectivity index (χ3n) is 2.87. The molecule has 3 heteroatoms. The highest BCUT2D eigenvalue weighted by molar-refractivity contribution is 5.70. The van der Waals surface area contributed by atoms with Gasteiger partial charge in [-0.3, -0.25) is 4.79 Å². The first-order chi connectivity index (χ1) is 7.93. The first-order valence-electron chi connectivity index (χ1n) is 6.00. The average molecular weight is 235 g/mol. The van der Waals surface area contributed by atoms with Gasteiger partial charge in [-0.2, -0.15) is 0 Å². The standard InChI is InChI=1S/C14H21NO2/c1-5-15(9-12(4)14(16)17)13-7-10(2)6-11(3)8-13/h6-8,12H,5,9H2,1-4H3,(H,16,17). The Morgan fingerprint density at radius 1 is 1.29 bits per heavy atom. The Kier molecular flexibility index (Phi) is 4.55. The number of aliphatic carboxylic acids is 1. The lowest BCUT2D eigenvalue weighted by molar-refractivity contribution is -0.140. The Labute approximate surface area is 103 Å². The van der Waals surface area contributed by atoms with Crippen LogP contribution in [0, 0.1) is 19.8 Å². The molecule has 0 fully saturated rings. The summed E-state index contributed by atoms with van der Waals surface area (Å²) in [6.07, 6.45) is 0. The minimum atomic E-state index is -0.743. The normalized spacial score (nSPS) is 12.2. The lowest BCUT2D eigenvalue weighted by Gasteiger charge is -2.25. The van der Waals surface area contributed by atoms with Gasteiger partial charge in [0.2, 0.25) is 0 Å². The summed E-state index contributed by atoms with van der Waals surface area (Å²) in [5.41, 5.74) is 3.53. The van der Waals surface area contributed by atoms with Gasteiger partial charge in [0.25, 0.3) is 0 Å². The summed E-state index contributed by atoms with van der Waals surface area (Å²) in [6, 6.07) is 6.33. The van der Waals surface area contributed by atoms with Gasteiger partial charge in [0.15, 0.2) is 0 Å². The summed E-state index contributed by atoms with van der Waals surface area (Å²) in [6.45, 7) is 9.28. The van der Waals surface area contributed by atoms with Crippen LogP contribution in [-0.4, -0.2) is 24.2 Å². The number of nitrogens with zero attached hydrogens (tertiary/aromatic N) is 1. The Hall–Kier alpha value is -1.51. The number of carboxylic acids is 1. The minimum absolute atomic E-state index is 0.351. The van der Waals surface area contributed by atoms with Gasteiger partial charge in [-0.15, -0.1) is 0 Å². The van der Waals surface area contributed by atoms with Crippen molar-refractivity contribution in [2.75, 3.05) is 18.0 Å². The number of hydrogen-bond acceptors (Lipinski definition) is 2. The fourth-order valence-electron chi connectivity index (χ4n) is 1.96. The average Bonchev–Trinajstić information content (AvgIpc) is 2.23. The topological polar surface area (TPSA) is 40.5 Å². The lowest BCUT2D eigenvalue weighted by Crippen LogP contribution is -2.31. The molecule has 0 amide bonds. The molecule has 0 saturated carbocycles. The molecule has 0 spiro atoms. The van der Waals surface area contributed by atoms with Crippen LogP contribution < -0.4 is 4.90 Å². The molecule has 0 bridgehead atoms.